The van der Waals surface area contributed by atoms with Gasteiger partial charge < -0.3 is 9.72 Å². The summed E-state index contributed by atoms with van der Waals surface area (Å²) < 4.78 is 5.27. The molecule has 6 heteroatoms. The second-order valence-corrected chi connectivity index (χ2v) is 4.04. The summed E-state index contributed by atoms with van der Waals surface area (Å²) >= 11 is 0. The maximum absolute atomic E-state index is 11.9. The van der Waals surface area contributed by atoms with Gasteiger partial charge in [0.15, 0.2) is 0 Å². The van der Waals surface area contributed by atoms with Crippen LogP contribution in [0, 0.1) is 0 Å². The first-order chi connectivity index (χ1) is 8.67. The molecule has 0 spiro atoms. The summed E-state index contributed by atoms with van der Waals surface area (Å²) in [4.78, 5) is 26.3. The van der Waals surface area contributed by atoms with E-state index in [1.807, 2.05) is 24.3 Å². The molecule has 1 aliphatic rings. The van der Waals surface area contributed by atoms with Crippen LogP contribution in [0.5, 0.6) is 0 Å². The summed E-state index contributed by atoms with van der Waals surface area (Å²) in [6.07, 6.45) is 1.67. The van der Waals surface area contributed by atoms with Gasteiger partial charge in [-0.05, 0) is 6.07 Å². The Morgan fingerprint density at radius 3 is 2.67 bits per heavy atom. The molecule has 0 radical (unpaired) electrons. The third-order valence-electron chi connectivity index (χ3n) is 3.11. The summed E-state index contributed by atoms with van der Waals surface area (Å²) in [6, 6.07) is 6.93. The number of amides is 3. The number of hydrogen-bond acceptors (Lipinski definition) is 3. The fourth-order valence-electron chi connectivity index (χ4n) is 2.25. The van der Waals surface area contributed by atoms with Crippen LogP contribution in [-0.4, -0.2) is 24.0 Å². The molecule has 3 amide bonds. The number of imide groups is 1. The highest BCUT2D eigenvalue weighted by Gasteiger charge is 2.49. The minimum absolute atomic E-state index is 0.514. The third kappa shape index (κ3) is 1.26. The number of methoxy groups -OCH3 is 1. The van der Waals surface area contributed by atoms with Crippen LogP contribution in [0.2, 0.25) is 0 Å². The molecule has 3 rings (SSSR count). The molecule has 1 saturated heterocycles. The third-order valence-corrected chi connectivity index (χ3v) is 3.11. The molecule has 1 unspecified atom stereocenters. The summed E-state index contributed by atoms with van der Waals surface area (Å²) in [5, 5.41) is 5.53. The number of urea groups is 1. The Balaban J connectivity index is 2.23. The van der Waals surface area contributed by atoms with Crippen molar-refractivity contribution in [1.29, 1.82) is 0 Å². The van der Waals surface area contributed by atoms with Crippen molar-refractivity contribution in [2.24, 2.45) is 0 Å². The summed E-state index contributed by atoms with van der Waals surface area (Å²) in [5.41, 5.74) is -0.00160. The maximum Gasteiger partial charge on any atom is 0.324 e. The van der Waals surface area contributed by atoms with Gasteiger partial charge in [-0.3, -0.25) is 15.4 Å². The predicted molar refractivity (Wildman–Crippen MR) is 63.7 cm³/mol. The van der Waals surface area contributed by atoms with Crippen molar-refractivity contribution < 1.29 is 14.3 Å². The average Bonchev–Trinajstić information content (AvgIpc) is 2.91. The van der Waals surface area contributed by atoms with Crippen LogP contribution in [0.3, 0.4) is 0 Å². The monoisotopic (exact) mass is 245 g/mol. The first kappa shape index (κ1) is 10.8. The zero-order valence-corrected chi connectivity index (χ0v) is 9.61. The summed E-state index contributed by atoms with van der Waals surface area (Å²) in [5.74, 6) is -0.514. The van der Waals surface area contributed by atoms with E-state index in [0.29, 0.717) is 5.56 Å². The van der Waals surface area contributed by atoms with E-state index in [2.05, 4.69) is 15.6 Å². The molecule has 3 N–H and O–H groups in total. The number of H-pyrrole nitrogens is 1. The molecule has 18 heavy (non-hydrogen) atoms. The first-order valence-electron chi connectivity index (χ1n) is 5.43. The van der Waals surface area contributed by atoms with Gasteiger partial charge in [-0.2, -0.15) is 0 Å². The number of aromatic nitrogens is 1. The summed E-state index contributed by atoms with van der Waals surface area (Å²) in [6.45, 7) is 0. The number of carbonyl (C=O) groups excluding carboxylic acids is 2. The average molecular weight is 245 g/mol. The Bertz CT molecular complexity index is 649. The minimum Gasteiger partial charge on any atom is -0.361 e. The molecular weight excluding hydrogens is 234 g/mol. The number of rotatable bonds is 2. The van der Waals surface area contributed by atoms with Gasteiger partial charge in [0.25, 0.3) is 11.6 Å². The molecule has 0 aliphatic carbocycles. The van der Waals surface area contributed by atoms with Gasteiger partial charge in [-0.15, -0.1) is 0 Å². The van der Waals surface area contributed by atoms with E-state index in [-0.39, 0.29) is 0 Å². The van der Waals surface area contributed by atoms with Gasteiger partial charge in [0.1, 0.15) is 0 Å². The molecule has 1 aliphatic heterocycles. The van der Waals surface area contributed by atoms with E-state index >= 15 is 0 Å². The minimum atomic E-state index is -1.46. The predicted octanol–water partition coefficient (Wildman–Crippen LogP) is 0.806. The number of ether oxygens (including phenoxy) is 1. The van der Waals surface area contributed by atoms with Gasteiger partial charge in [-0.1, -0.05) is 18.2 Å². The normalized spacial score (nSPS) is 23.2. The van der Waals surface area contributed by atoms with Crippen molar-refractivity contribution in [3.63, 3.8) is 0 Å². The van der Waals surface area contributed by atoms with Crippen LogP contribution >= 0.6 is 0 Å². The molecule has 2 aromatic rings. The fourth-order valence-corrected chi connectivity index (χ4v) is 2.25. The smallest absolute Gasteiger partial charge is 0.324 e. The van der Waals surface area contributed by atoms with Crippen LogP contribution in [0.1, 0.15) is 5.56 Å². The van der Waals surface area contributed by atoms with Crippen molar-refractivity contribution in [3.05, 3.63) is 36.0 Å². The second-order valence-electron chi connectivity index (χ2n) is 4.04. The van der Waals surface area contributed by atoms with Crippen LogP contribution < -0.4 is 10.6 Å². The number of aromatic amines is 1. The molecule has 6 nitrogen and oxygen atoms in total. The van der Waals surface area contributed by atoms with Crippen molar-refractivity contribution in [2.75, 3.05) is 7.11 Å². The van der Waals surface area contributed by atoms with Gasteiger partial charge in [-0.25, -0.2) is 4.79 Å². The molecule has 0 saturated carbocycles. The number of benzene rings is 1. The van der Waals surface area contributed by atoms with E-state index in [4.69, 9.17) is 4.74 Å². The number of fused-ring (bicyclic) bond motifs is 1. The van der Waals surface area contributed by atoms with E-state index in [1.165, 1.54) is 7.11 Å². The van der Waals surface area contributed by atoms with Crippen LogP contribution in [-0.2, 0) is 15.3 Å². The molecule has 92 valence electrons. The zero-order valence-electron chi connectivity index (χ0n) is 9.61. The maximum atomic E-state index is 11.9. The highest BCUT2D eigenvalue weighted by molar-refractivity contribution is 6.08. The summed E-state index contributed by atoms with van der Waals surface area (Å²) in [7, 11) is 1.38. The topological polar surface area (TPSA) is 83.2 Å². The van der Waals surface area contributed by atoms with Gasteiger partial charge in [0.05, 0.1) is 0 Å². The van der Waals surface area contributed by atoms with Crippen LogP contribution in [0.4, 0.5) is 4.79 Å². The molecule has 0 bridgehead atoms. The van der Waals surface area contributed by atoms with Crippen molar-refractivity contribution in [3.8, 4) is 0 Å². The van der Waals surface area contributed by atoms with Crippen LogP contribution in [0.25, 0.3) is 10.9 Å². The molecule has 1 aromatic carbocycles. The Morgan fingerprint density at radius 2 is 2.00 bits per heavy atom. The molecule has 1 fully saturated rings. The molecular formula is C12H11N3O3. The lowest BCUT2D eigenvalue weighted by molar-refractivity contribution is -0.141. The van der Waals surface area contributed by atoms with Gasteiger partial charge in [0, 0.05) is 29.8 Å². The lowest BCUT2D eigenvalue weighted by atomic mass is 10.0. The Kier molecular flexibility index (Phi) is 2.14. The Hall–Kier alpha value is -2.34. The van der Waals surface area contributed by atoms with Gasteiger partial charge >= 0.3 is 6.03 Å². The SMILES string of the molecule is COC1(c2c[nH]c3ccccc23)NC(=O)NC1=O. The largest absolute Gasteiger partial charge is 0.361 e. The molecule has 1 aromatic heterocycles. The highest BCUT2D eigenvalue weighted by Crippen LogP contribution is 2.31. The fraction of sp³-hybridized carbons (Fsp3) is 0.167. The van der Waals surface area contributed by atoms with E-state index < -0.39 is 17.7 Å². The second kappa shape index (κ2) is 3.58. The number of nitrogens with one attached hydrogen (secondary N) is 3. The Labute approximate surface area is 102 Å². The van der Waals surface area contributed by atoms with Gasteiger partial charge in [0.2, 0.25) is 0 Å². The highest BCUT2D eigenvalue weighted by atomic mass is 16.5. The Morgan fingerprint density at radius 1 is 1.22 bits per heavy atom. The number of carbonyl (C=O) groups is 2. The zero-order chi connectivity index (χ0) is 12.8. The molecule has 2 heterocycles. The first-order valence-corrected chi connectivity index (χ1v) is 5.43. The van der Waals surface area contributed by atoms with Crippen molar-refractivity contribution in [2.45, 2.75) is 5.72 Å². The quantitative estimate of drug-likeness (QED) is 0.684. The van der Waals surface area contributed by atoms with E-state index in [0.717, 1.165) is 10.9 Å². The van der Waals surface area contributed by atoms with Crippen molar-refractivity contribution >= 4 is 22.8 Å². The van der Waals surface area contributed by atoms with Crippen LogP contribution in [0.15, 0.2) is 30.5 Å². The lowest BCUT2D eigenvalue weighted by Gasteiger charge is -2.23. The van der Waals surface area contributed by atoms with Crippen molar-refractivity contribution in [1.82, 2.24) is 15.6 Å². The standard InChI is InChI=1S/C12H11N3O3/c1-18-12(10(16)14-11(17)15-12)8-6-13-9-5-3-2-4-7(8)9/h2-6,13H,1H3,(H2,14,15,16,17). The lowest BCUT2D eigenvalue weighted by Crippen LogP contribution is -2.45. The molecule has 1 atom stereocenters. The van der Waals surface area contributed by atoms with E-state index in [9.17, 15) is 9.59 Å². The van der Waals surface area contributed by atoms with E-state index in [1.54, 1.807) is 6.20 Å². The number of para-hydroxylation sites is 1. The number of hydrogen-bond donors (Lipinski definition) is 3.